The van der Waals surface area contributed by atoms with E-state index < -0.39 is 5.60 Å². The smallest absolute Gasteiger partial charge is 0.488 e. The predicted molar refractivity (Wildman–Crippen MR) is 115 cm³/mol. The number of aliphatic hydroxyl groups is 1. The van der Waals surface area contributed by atoms with E-state index in [1.54, 1.807) is 17.9 Å². The standard InChI is InChI=1S/C22H29N6O3/c1-21(2,30)14-7-10-27(12-14)28-13-18(25-26(4)20(28)29)19-16-11-15(31-22(3)8-9-22)5-6-17(16)23-24-19/h5-6,11,13-14,30H,7-10,12H2,1-4H3,(H,23,24)/q+1. The van der Waals surface area contributed by atoms with Crippen LogP contribution in [0.4, 0.5) is 0 Å². The monoisotopic (exact) mass is 425 g/mol. The van der Waals surface area contributed by atoms with Gasteiger partial charge in [-0.15, -0.1) is 0 Å². The van der Waals surface area contributed by atoms with E-state index in [9.17, 15) is 9.90 Å². The summed E-state index contributed by atoms with van der Waals surface area (Å²) in [6.07, 6.45) is 4.68. The summed E-state index contributed by atoms with van der Waals surface area (Å²) in [5.74, 6) is 0.899. The molecule has 0 radical (unpaired) electrons. The van der Waals surface area contributed by atoms with Gasteiger partial charge in [-0.1, -0.05) is 14.5 Å². The minimum absolute atomic E-state index is 0.0672. The van der Waals surface area contributed by atoms with Crippen molar-refractivity contribution in [3.05, 3.63) is 34.9 Å². The van der Waals surface area contributed by atoms with Gasteiger partial charge in [0, 0.05) is 11.3 Å². The Labute approximate surface area is 180 Å². The van der Waals surface area contributed by atoms with Gasteiger partial charge in [0.15, 0.2) is 11.9 Å². The van der Waals surface area contributed by atoms with E-state index in [4.69, 9.17) is 4.74 Å². The normalized spacial score (nSPS) is 20.4. The Morgan fingerprint density at radius 2 is 2.13 bits per heavy atom. The third-order valence-electron chi connectivity index (χ3n) is 6.54. The number of hydrogen-bond donors (Lipinski definition) is 2. The zero-order valence-electron chi connectivity index (χ0n) is 18.4. The largest absolute Gasteiger partial charge is 0.542 e. The lowest BCUT2D eigenvalue weighted by Crippen LogP contribution is -2.68. The number of fused-ring (bicyclic) bond motifs is 1. The van der Waals surface area contributed by atoms with Crippen molar-refractivity contribution in [2.75, 3.05) is 18.1 Å². The lowest BCUT2D eigenvalue weighted by molar-refractivity contribution is -0.710. The number of aromatic nitrogens is 5. The van der Waals surface area contributed by atoms with Crippen LogP contribution in [0, 0.1) is 5.92 Å². The van der Waals surface area contributed by atoms with Gasteiger partial charge in [-0.25, -0.2) is 5.01 Å². The molecule has 0 bridgehead atoms. The Morgan fingerprint density at radius 1 is 1.35 bits per heavy atom. The number of ether oxygens (including phenoxy) is 1. The van der Waals surface area contributed by atoms with Gasteiger partial charge in [0.2, 0.25) is 0 Å². The molecule has 0 spiro atoms. The van der Waals surface area contributed by atoms with Crippen LogP contribution in [0.5, 0.6) is 5.75 Å². The average molecular weight is 426 g/mol. The van der Waals surface area contributed by atoms with Crippen molar-refractivity contribution in [2.45, 2.75) is 51.2 Å². The first-order chi connectivity index (χ1) is 14.6. The molecule has 9 nitrogen and oxygen atoms in total. The van der Waals surface area contributed by atoms with Crippen LogP contribution in [0.1, 0.15) is 40.0 Å². The predicted octanol–water partition coefficient (Wildman–Crippen LogP) is 1.27. The van der Waals surface area contributed by atoms with Crippen molar-refractivity contribution in [3.63, 3.8) is 0 Å². The van der Waals surface area contributed by atoms with E-state index in [0.717, 1.165) is 35.9 Å². The van der Waals surface area contributed by atoms with Crippen molar-refractivity contribution in [1.29, 1.82) is 0 Å². The van der Waals surface area contributed by atoms with Gasteiger partial charge >= 0.3 is 5.69 Å². The summed E-state index contributed by atoms with van der Waals surface area (Å²) >= 11 is 0. The Balaban J connectivity index is 1.53. The summed E-state index contributed by atoms with van der Waals surface area (Å²) in [7, 11) is 1.64. The molecule has 164 valence electrons. The van der Waals surface area contributed by atoms with E-state index in [0.29, 0.717) is 24.5 Å². The van der Waals surface area contributed by atoms with E-state index in [1.165, 1.54) is 4.68 Å². The molecule has 1 unspecified atom stereocenters. The molecule has 3 heterocycles. The first-order valence-electron chi connectivity index (χ1n) is 10.8. The summed E-state index contributed by atoms with van der Waals surface area (Å²) in [6, 6.07) is 5.88. The summed E-state index contributed by atoms with van der Waals surface area (Å²) in [4.78, 5) is 12.8. The van der Waals surface area contributed by atoms with Crippen molar-refractivity contribution in [2.24, 2.45) is 13.0 Å². The van der Waals surface area contributed by atoms with Crippen LogP contribution in [0.15, 0.2) is 29.2 Å². The van der Waals surface area contributed by atoms with Crippen molar-refractivity contribution in [3.8, 4) is 17.1 Å². The van der Waals surface area contributed by atoms with Gasteiger partial charge in [-0.2, -0.15) is 9.89 Å². The SMILES string of the molecule is Cn1nc(-c2n[nH]c3ccc(OC4(C)CC4)cc23)c[n+](N2CCC(C(C)(C)O)C2)c1=O. The Bertz CT molecular complexity index is 1200. The van der Waals surface area contributed by atoms with Gasteiger partial charge in [0.1, 0.15) is 24.1 Å². The highest BCUT2D eigenvalue weighted by Crippen LogP contribution is 2.40. The molecule has 1 atom stereocenters. The number of hydrogen-bond acceptors (Lipinski definition) is 6. The first-order valence-corrected chi connectivity index (χ1v) is 10.8. The molecule has 1 aromatic carbocycles. The van der Waals surface area contributed by atoms with Crippen LogP contribution < -0.4 is 20.1 Å². The topological polar surface area (TPSA) is 100 Å². The minimum Gasteiger partial charge on any atom is -0.488 e. The molecule has 2 aromatic heterocycles. The summed E-state index contributed by atoms with van der Waals surface area (Å²) in [5, 5.41) is 25.2. The van der Waals surface area contributed by atoms with Gasteiger partial charge in [0.05, 0.1) is 24.2 Å². The fourth-order valence-corrected chi connectivity index (χ4v) is 4.19. The van der Waals surface area contributed by atoms with E-state index in [2.05, 4.69) is 22.2 Å². The minimum atomic E-state index is -0.788. The molecular formula is C22H29N6O3+. The van der Waals surface area contributed by atoms with Gasteiger partial charge < -0.3 is 9.84 Å². The van der Waals surface area contributed by atoms with Crippen molar-refractivity contribution >= 4 is 10.9 Å². The molecule has 31 heavy (non-hydrogen) atoms. The first kappa shape index (κ1) is 20.0. The average Bonchev–Trinajstić information content (AvgIpc) is 3.11. The summed E-state index contributed by atoms with van der Waals surface area (Å²) in [6.45, 7) is 7.04. The van der Waals surface area contributed by atoms with Crippen LogP contribution in [0.25, 0.3) is 22.3 Å². The lowest BCUT2D eigenvalue weighted by atomic mass is 9.91. The molecule has 1 aliphatic heterocycles. The number of aryl methyl sites for hydroxylation is 1. The fourth-order valence-electron chi connectivity index (χ4n) is 4.19. The second-order valence-corrected chi connectivity index (χ2v) is 9.65. The van der Waals surface area contributed by atoms with Crippen LogP contribution >= 0.6 is 0 Å². The maximum atomic E-state index is 12.8. The molecule has 0 amide bonds. The highest BCUT2D eigenvalue weighted by Gasteiger charge is 2.40. The fraction of sp³-hybridized carbons (Fsp3) is 0.545. The number of H-pyrrole nitrogens is 1. The quantitative estimate of drug-likeness (QED) is 0.597. The number of aromatic amines is 1. The maximum Gasteiger partial charge on any atom is 0.542 e. The molecule has 1 saturated carbocycles. The molecule has 2 fully saturated rings. The number of rotatable bonds is 5. The molecule has 5 rings (SSSR count). The summed E-state index contributed by atoms with van der Waals surface area (Å²) in [5.41, 5.74) is 1.06. The molecule has 2 N–H and O–H groups in total. The molecule has 1 aliphatic carbocycles. The van der Waals surface area contributed by atoms with Crippen LogP contribution in [0.2, 0.25) is 0 Å². The highest BCUT2D eigenvalue weighted by molar-refractivity contribution is 5.92. The molecule has 9 heteroatoms. The second kappa shape index (κ2) is 6.78. The number of nitrogens with one attached hydrogen (secondary N) is 1. The summed E-state index contributed by atoms with van der Waals surface area (Å²) < 4.78 is 9.05. The number of nitrogens with zero attached hydrogens (tertiary/aromatic N) is 5. The second-order valence-electron chi connectivity index (χ2n) is 9.65. The van der Waals surface area contributed by atoms with Crippen LogP contribution in [-0.2, 0) is 7.05 Å². The highest BCUT2D eigenvalue weighted by atomic mass is 16.5. The van der Waals surface area contributed by atoms with Crippen molar-refractivity contribution < 1.29 is 14.5 Å². The van der Waals surface area contributed by atoms with Gasteiger partial charge in [-0.3, -0.25) is 5.10 Å². The third-order valence-corrected chi connectivity index (χ3v) is 6.54. The molecule has 3 aromatic rings. The lowest BCUT2D eigenvalue weighted by Gasteiger charge is -2.24. The van der Waals surface area contributed by atoms with Gasteiger partial charge in [-0.05, 0) is 58.2 Å². The third kappa shape index (κ3) is 3.67. The van der Waals surface area contributed by atoms with E-state index in [1.807, 2.05) is 37.1 Å². The van der Waals surface area contributed by atoms with Crippen molar-refractivity contribution in [1.82, 2.24) is 20.0 Å². The molecular weight excluding hydrogens is 396 g/mol. The molecule has 2 aliphatic rings. The Morgan fingerprint density at radius 3 is 2.81 bits per heavy atom. The van der Waals surface area contributed by atoms with Crippen LogP contribution in [0.3, 0.4) is 0 Å². The number of benzene rings is 1. The zero-order valence-corrected chi connectivity index (χ0v) is 18.4. The maximum absolute atomic E-state index is 12.8. The van der Waals surface area contributed by atoms with Crippen LogP contribution in [-0.4, -0.2) is 49.4 Å². The van der Waals surface area contributed by atoms with E-state index >= 15 is 0 Å². The molecule has 1 saturated heterocycles. The Kier molecular flexibility index (Phi) is 4.37. The van der Waals surface area contributed by atoms with Gasteiger partial charge in [0.25, 0.3) is 0 Å². The zero-order chi connectivity index (χ0) is 22.0. The van der Waals surface area contributed by atoms with E-state index in [-0.39, 0.29) is 17.2 Å². The Hall–Kier alpha value is -2.94.